The summed E-state index contributed by atoms with van der Waals surface area (Å²) in [6.07, 6.45) is 9.99. The van der Waals surface area contributed by atoms with Crippen molar-refractivity contribution >= 4 is 5.78 Å². The second-order valence-electron chi connectivity index (χ2n) is 3.84. The van der Waals surface area contributed by atoms with E-state index in [9.17, 15) is 4.79 Å². The molecular weight excluding hydrogens is 174 g/mol. The molecule has 0 heterocycles. The molecule has 1 aliphatic rings. The third-order valence-corrected chi connectivity index (χ3v) is 2.61. The Morgan fingerprint density at radius 2 is 2.36 bits per heavy atom. The van der Waals surface area contributed by atoms with Crippen LogP contribution in [0.5, 0.6) is 0 Å². The topological polar surface area (TPSA) is 40.9 Å². The molecule has 0 saturated heterocycles. The van der Waals surface area contributed by atoms with Gasteiger partial charge in [-0.15, -0.1) is 0 Å². The van der Waals surface area contributed by atoms with Gasteiger partial charge in [0.1, 0.15) is 5.78 Å². The summed E-state index contributed by atoms with van der Waals surface area (Å²) in [5, 5.41) is 8.30. The van der Waals surface area contributed by atoms with Gasteiger partial charge in [-0.1, -0.05) is 11.6 Å². The molecule has 0 amide bonds. The van der Waals surface area contributed by atoms with Crippen LogP contribution >= 0.6 is 0 Å². The third kappa shape index (κ3) is 4.23. The van der Waals surface area contributed by atoms with Gasteiger partial charge >= 0.3 is 0 Å². The monoisotopic (exact) mass is 191 g/mol. The van der Waals surface area contributed by atoms with Gasteiger partial charge in [-0.3, -0.25) is 4.79 Å². The number of Topliss-reactive ketones (excluding diaryl/α,β-unsaturated/α-hetero) is 1. The summed E-state index contributed by atoms with van der Waals surface area (Å²) in [7, 11) is 0. The molecular formula is C12H17NO. The fraction of sp³-hybridized carbons (Fsp3) is 0.667. The Morgan fingerprint density at radius 3 is 3.00 bits per heavy atom. The Kier molecular flexibility index (Phi) is 4.99. The molecule has 0 bridgehead atoms. The SMILES string of the molecule is N#CCC(=O)CCCC1=CCCCC1. The van der Waals surface area contributed by atoms with E-state index in [1.807, 2.05) is 6.07 Å². The molecule has 0 N–H and O–H groups in total. The molecule has 0 fully saturated rings. The van der Waals surface area contributed by atoms with Gasteiger partial charge in [0, 0.05) is 6.42 Å². The number of hydrogen-bond donors (Lipinski definition) is 0. The molecule has 14 heavy (non-hydrogen) atoms. The van der Waals surface area contributed by atoms with E-state index in [2.05, 4.69) is 6.08 Å². The standard InChI is InChI=1S/C12H17NO/c13-10-9-12(14)8-4-7-11-5-2-1-3-6-11/h5H,1-4,6-9H2. The highest BCUT2D eigenvalue weighted by atomic mass is 16.1. The Hall–Kier alpha value is -1.10. The molecule has 0 unspecified atom stereocenters. The van der Waals surface area contributed by atoms with Gasteiger partial charge in [0.15, 0.2) is 0 Å². The maximum atomic E-state index is 11.0. The highest BCUT2D eigenvalue weighted by Crippen LogP contribution is 2.21. The summed E-state index contributed by atoms with van der Waals surface area (Å²) in [6.45, 7) is 0. The van der Waals surface area contributed by atoms with Gasteiger partial charge in [-0.05, 0) is 38.5 Å². The number of nitrogens with zero attached hydrogens (tertiary/aromatic N) is 1. The Balaban J connectivity index is 2.12. The minimum absolute atomic E-state index is 0.0824. The molecule has 0 aromatic carbocycles. The summed E-state index contributed by atoms with van der Waals surface area (Å²) in [4.78, 5) is 11.0. The fourth-order valence-electron chi connectivity index (χ4n) is 1.82. The van der Waals surface area contributed by atoms with Gasteiger partial charge in [0.2, 0.25) is 0 Å². The quantitative estimate of drug-likeness (QED) is 0.626. The van der Waals surface area contributed by atoms with Crippen molar-refractivity contribution in [2.45, 2.75) is 51.4 Å². The first kappa shape index (κ1) is 11.0. The van der Waals surface area contributed by atoms with Crippen molar-refractivity contribution < 1.29 is 4.79 Å². The summed E-state index contributed by atoms with van der Waals surface area (Å²) >= 11 is 0. The van der Waals surface area contributed by atoms with Gasteiger partial charge in [-0.2, -0.15) is 5.26 Å². The molecule has 76 valence electrons. The summed E-state index contributed by atoms with van der Waals surface area (Å²) < 4.78 is 0. The molecule has 1 aliphatic carbocycles. The van der Waals surface area contributed by atoms with Crippen molar-refractivity contribution in [2.24, 2.45) is 0 Å². The first-order valence-electron chi connectivity index (χ1n) is 5.39. The molecule has 2 heteroatoms. The van der Waals surface area contributed by atoms with Crippen molar-refractivity contribution in [3.63, 3.8) is 0 Å². The number of hydrogen-bond acceptors (Lipinski definition) is 2. The smallest absolute Gasteiger partial charge is 0.146 e. The van der Waals surface area contributed by atoms with Crippen LogP contribution in [0.4, 0.5) is 0 Å². The minimum atomic E-state index is 0.0824. The van der Waals surface area contributed by atoms with E-state index in [1.54, 1.807) is 0 Å². The lowest BCUT2D eigenvalue weighted by molar-refractivity contribution is -0.118. The van der Waals surface area contributed by atoms with Gasteiger partial charge in [-0.25, -0.2) is 0 Å². The highest BCUT2D eigenvalue weighted by molar-refractivity contribution is 5.80. The van der Waals surface area contributed by atoms with Crippen molar-refractivity contribution in [3.05, 3.63) is 11.6 Å². The average Bonchev–Trinajstić information content (AvgIpc) is 2.20. The van der Waals surface area contributed by atoms with Gasteiger partial charge in [0.05, 0.1) is 12.5 Å². The van der Waals surface area contributed by atoms with E-state index in [-0.39, 0.29) is 12.2 Å². The highest BCUT2D eigenvalue weighted by Gasteiger charge is 2.05. The minimum Gasteiger partial charge on any atom is -0.299 e. The molecule has 0 aromatic rings. The predicted molar refractivity (Wildman–Crippen MR) is 55.6 cm³/mol. The number of nitriles is 1. The maximum absolute atomic E-state index is 11.0. The number of carbonyl (C=O) groups excluding carboxylic acids is 1. The van der Waals surface area contributed by atoms with Crippen molar-refractivity contribution in [1.29, 1.82) is 5.26 Å². The average molecular weight is 191 g/mol. The first-order chi connectivity index (χ1) is 6.83. The van der Waals surface area contributed by atoms with E-state index in [0.717, 1.165) is 12.8 Å². The van der Waals surface area contributed by atoms with Crippen LogP contribution in [0.1, 0.15) is 51.4 Å². The van der Waals surface area contributed by atoms with Crippen LogP contribution in [0, 0.1) is 11.3 Å². The van der Waals surface area contributed by atoms with Crippen LogP contribution in [-0.2, 0) is 4.79 Å². The van der Waals surface area contributed by atoms with Crippen molar-refractivity contribution in [1.82, 2.24) is 0 Å². The normalized spacial score (nSPS) is 15.8. The Bertz CT molecular complexity index is 260. The molecule has 0 atom stereocenters. The van der Waals surface area contributed by atoms with Crippen LogP contribution in [0.2, 0.25) is 0 Å². The largest absolute Gasteiger partial charge is 0.299 e. The van der Waals surface area contributed by atoms with Crippen molar-refractivity contribution in [2.75, 3.05) is 0 Å². The second kappa shape index (κ2) is 6.37. The van der Waals surface area contributed by atoms with Crippen molar-refractivity contribution in [3.8, 4) is 6.07 Å². The van der Waals surface area contributed by atoms with Crippen LogP contribution < -0.4 is 0 Å². The number of rotatable bonds is 5. The molecule has 0 saturated carbocycles. The predicted octanol–water partition coefficient (Wildman–Crippen LogP) is 3.14. The van der Waals surface area contributed by atoms with E-state index in [1.165, 1.54) is 31.3 Å². The number of allylic oxidation sites excluding steroid dienone is 2. The van der Waals surface area contributed by atoms with Gasteiger partial charge in [0.25, 0.3) is 0 Å². The molecule has 2 nitrogen and oxygen atoms in total. The third-order valence-electron chi connectivity index (χ3n) is 2.61. The van der Waals surface area contributed by atoms with E-state index in [4.69, 9.17) is 5.26 Å². The molecule has 0 aromatic heterocycles. The number of ketones is 1. The zero-order chi connectivity index (χ0) is 10.2. The Morgan fingerprint density at radius 1 is 1.50 bits per heavy atom. The zero-order valence-electron chi connectivity index (χ0n) is 8.59. The van der Waals surface area contributed by atoms with E-state index >= 15 is 0 Å². The van der Waals surface area contributed by atoms with Gasteiger partial charge < -0.3 is 0 Å². The first-order valence-corrected chi connectivity index (χ1v) is 5.39. The lowest BCUT2D eigenvalue weighted by Gasteiger charge is -2.11. The molecule has 0 spiro atoms. The molecule has 0 aliphatic heterocycles. The Labute approximate surface area is 85.6 Å². The fourth-order valence-corrected chi connectivity index (χ4v) is 1.82. The van der Waals surface area contributed by atoms with Crippen LogP contribution in [-0.4, -0.2) is 5.78 Å². The number of carbonyl (C=O) groups is 1. The van der Waals surface area contributed by atoms with Crippen LogP contribution in [0.3, 0.4) is 0 Å². The second-order valence-corrected chi connectivity index (χ2v) is 3.84. The van der Waals surface area contributed by atoms with Crippen LogP contribution in [0.25, 0.3) is 0 Å². The lowest BCUT2D eigenvalue weighted by atomic mass is 9.95. The maximum Gasteiger partial charge on any atom is 0.146 e. The lowest BCUT2D eigenvalue weighted by Crippen LogP contribution is -1.97. The molecule has 1 rings (SSSR count). The summed E-state index contributed by atoms with van der Waals surface area (Å²) in [5.41, 5.74) is 1.51. The van der Waals surface area contributed by atoms with E-state index < -0.39 is 0 Å². The summed E-state index contributed by atoms with van der Waals surface area (Å²) in [6, 6.07) is 1.89. The zero-order valence-corrected chi connectivity index (χ0v) is 8.59. The summed E-state index contributed by atoms with van der Waals surface area (Å²) in [5.74, 6) is 0.0870. The van der Waals surface area contributed by atoms with E-state index in [0.29, 0.717) is 6.42 Å². The van der Waals surface area contributed by atoms with Crippen LogP contribution in [0.15, 0.2) is 11.6 Å². The molecule has 0 radical (unpaired) electrons.